The minimum absolute atomic E-state index is 0.0957. The summed E-state index contributed by atoms with van der Waals surface area (Å²) in [5.41, 5.74) is 5.42. The van der Waals surface area contributed by atoms with Crippen molar-refractivity contribution in [1.29, 1.82) is 0 Å². The van der Waals surface area contributed by atoms with Gasteiger partial charge in [0, 0.05) is 32.8 Å². The van der Waals surface area contributed by atoms with Gasteiger partial charge in [0.15, 0.2) is 0 Å². The van der Waals surface area contributed by atoms with E-state index in [1.54, 1.807) is 7.11 Å². The molecule has 1 fully saturated rings. The maximum atomic E-state index is 12.0. The molecule has 0 bridgehead atoms. The Balaban J connectivity index is 2.54. The second-order valence-electron chi connectivity index (χ2n) is 5.68. The van der Waals surface area contributed by atoms with Crippen molar-refractivity contribution in [3.8, 4) is 0 Å². The lowest BCUT2D eigenvalue weighted by Crippen LogP contribution is -2.50. The van der Waals surface area contributed by atoms with Gasteiger partial charge in [-0.25, -0.2) is 0 Å². The summed E-state index contributed by atoms with van der Waals surface area (Å²) in [5, 5.41) is 2.90. The molecule has 2 unspecified atom stereocenters. The summed E-state index contributed by atoms with van der Waals surface area (Å²) in [4.78, 5) is 14.4. The van der Waals surface area contributed by atoms with Crippen molar-refractivity contribution in [3.63, 3.8) is 0 Å². The number of piperidine rings is 1. The highest BCUT2D eigenvalue weighted by Crippen LogP contribution is 2.22. The molecule has 1 aliphatic heterocycles. The van der Waals surface area contributed by atoms with Crippen LogP contribution in [0.15, 0.2) is 0 Å². The zero-order chi connectivity index (χ0) is 14.3. The first-order chi connectivity index (χ1) is 9.10. The molecule has 5 heteroatoms. The average Bonchev–Trinajstić information content (AvgIpc) is 2.41. The zero-order valence-corrected chi connectivity index (χ0v) is 12.5. The highest BCUT2D eigenvalue weighted by molar-refractivity contribution is 5.78. The Kier molecular flexibility index (Phi) is 7.34. The van der Waals surface area contributed by atoms with E-state index in [9.17, 15) is 4.79 Å². The second kappa shape index (κ2) is 8.51. The molecule has 0 spiro atoms. The monoisotopic (exact) mass is 271 g/mol. The smallest absolute Gasteiger partial charge is 0.224 e. The van der Waals surface area contributed by atoms with Crippen molar-refractivity contribution < 1.29 is 9.53 Å². The topological polar surface area (TPSA) is 67.6 Å². The van der Waals surface area contributed by atoms with Gasteiger partial charge >= 0.3 is 0 Å². The summed E-state index contributed by atoms with van der Waals surface area (Å²) in [6.07, 6.45) is 2.05. The minimum atomic E-state index is 0.0957. The third-order valence-electron chi connectivity index (χ3n) is 3.84. The van der Waals surface area contributed by atoms with Crippen molar-refractivity contribution in [2.75, 3.05) is 39.9 Å². The van der Waals surface area contributed by atoms with Gasteiger partial charge < -0.3 is 15.8 Å². The largest absolute Gasteiger partial charge is 0.383 e. The van der Waals surface area contributed by atoms with E-state index in [-0.39, 0.29) is 11.8 Å². The Morgan fingerprint density at radius 2 is 2.26 bits per heavy atom. The van der Waals surface area contributed by atoms with Gasteiger partial charge in [0.25, 0.3) is 0 Å². The summed E-state index contributed by atoms with van der Waals surface area (Å²) < 4.78 is 5.32. The molecule has 0 aliphatic carbocycles. The predicted molar refractivity (Wildman–Crippen MR) is 76.9 cm³/mol. The predicted octanol–water partition coefficient (Wildman–Crippen LogP) is 0.444. The standard InChI is InChI=1S/C14H29N3O2/c1-11(2)13(10-19-3)17-8-4-5-12(9-17)14(18)16-7-6-15/h11-13H,4-10,15H2,1-3H3,(H,16,18). The molecule has 112 valence electrons. The third-order valence-corrected chi connectivity index (χ3v) is 3.84. The van der Waals surface area contributed by atoms with Gasteiger partial charge in [0.2, 0.25) is 5.91 Å². The summed E-state index contributed by atoms with van der Waals surface area (Å²) >= 11 is 0. The van der Waals surface area contributed by atoms with Gasteiger partial charge in [-0.1, -0.05) is 13.8 Å². The van der Waals surface area contributed by atoms with Crippen LogP contribution in [-0.4, -0.2) is 56.7 Å². The van der Waals surface area contributed by atoms with Crippen LogP contribution in [0.4, 0.5) is 0 Å². The number of hydrogen-bond donors (Lipinski definition) is 2. The Labute approximate surface area is 116 Å². The van der Waals surface area contributed by atoms with Gasteiger partial charge in [0.1, 0.15) is 0 Å². The van der Waals surface area contributed by atoms with E-state index in [4.69, 9.17) is 10.5 Å². The van der Waals surface area contributed by atoms with Gasteiger partial charge in [0.05, 0.1) is 12.5 Å². The van der Waals surface area contributed by atoms with Crippen molar-refractivity contribution in [3.05, 3.63) is 0 Å². The number of ether oxygens (including phenoxy) is 1. The number of methoxy groups -OCH3 is 1. The Morgan fingerprint density at radius 3 is 2.84 bits per heavy atom. The van der Waals surface area contributed by atoms with E-state index in [0.29, 0.717) is 25.0 Å². The fraction of sp³-hybridized carbons (Fsp3) is 0.929. The SMILES string of the molecule is COCC(C(C)C)N1CCCC(C(=O)NCCN)C1. The number of hydrogen-bond acceptors (Lipinski definition) is 4. The molecule has 0 aromatic heterocycles. The van der Waals surface area contributed by atoms with E-state index in [1.807, 2.05) is 0 Å². The van der Waals surface area contributed by atoms with E-state index in [0.717, 1.165) is 32.5 Å². The normalized spacial score (nSPS) is 22.5. The molecule has 1 heterocycles. The van der Waals surface area contributed by atoms with E-state index < -0.39 is 0 Å². The third kappa shape index (κ3) is 5.09. The molecule has 1 amide bonds. The van der Waals surface area contributed by atoms with Crippen LogP contribution in [-0.2, 0) is 9.53 Å². The lowest BCUT2D eigenvalue weighted by Gasteiger charge is -2.39. The van der Waals surface area contributed by atoms with Crippen LogP contribution in [0, 0.1) is 11.8 Å². The maximum absolute atomic E-state index is 12.0. The molecule has 0 aromatic rings. The number of amides is 1. The van der Waals surface area contributed by atoms with E-state index >= 15 is 0 Å². The minimum Gasteiger partial charge on any atom is -0.383 e. The lowest BCUT2D eigenvalue weighted by atomic mass is 9.93. The van der Waals surface area contributed by atoms with Crippen LogP contribution in [0.25, 0.3) is 0 Å². The van der Waals surface area contributed by atoms with Crippen LogP contribution >= 0.6 is 0 Å². The number of carbonyl (C=O) groups excluding carboxylic acids is 1. The average molecular weight is 271 g/mol. The van der Waals surface area contributed by atoms with Crippen LogP contribution < -0.4 is 11.1 Å². The highest BCUT2D eigenvalue weighted by Gasteiger charge is 2.30. The number of rotatable bonds is 7. The zero-order valence-electron chi connectivity index (χ0n) is 12.5. The van der Waals surface area contributed by atoms with Crippen LogP contribution in [0.3, 0.4) is 0 Å². The number of nitrogens with two attached hydrogens (primary N) is 1. The summed E-state index contributed by atoms with van der Waals surface area (Å²) in [7, 11) is 1.74. The van der Waals surface area contributed by atoms with E-state index in [1.165, 1.54) is 0 Å². The van der Waals surface area contributed by atoms with Gasteiger partial charge in [-0.2, -0.15) is 0 Å². The molecule has 1 rings (SSSR count). The number of nitrogens with zero attached hydrogens (tertiary/aromatic N) is 1. The first-order valence-electron chi connectivity index (χ1n) is 7.30. The number of carbonyl (C=O) groups is 1. The maximum Gasteiger partial charge on any atom is 0.224 e. The Hall–Kier alpha value is -0.650. The molecular formula is C14H29N3O2. The van der Waals surface area contributed by atoms with Gasteiger partial charge in [-0.15, -0.1) is 0 Å². The summed E-state index contributed by atoms with van der Waals surface area (Å²) in [5.74, 6) is 0.777. The Morgan fingerprint density at radius 1 is 1.53 bits per heavy atom. The van der Waals surface area contributed by atoms with Crippen molar-refractivity contribution in [1.82, 2.24) is 10.2 Å². The molecule has 0 radical (unpaired) electrons. The molecule has 0 saturated carbocycles. The first-order valence-corrected chi connectivity index (χ1v) is 7.30. The molecule has 5 nitrogen and oxygen atoms in total. The van der Waals surface area contributed by atoms with Crippen LogP contribution in [0.1, 0.15) is 26.7 Å². The fourth-order valence-corrected chi connectivity index (χ4v) is 2.75. The summed E-state index contributed by atoms with van der Waals surface area (Å²) in [6, 6.07) is 0.398. The summed E-state index contributed by atoms with van der Waals surface area (Å²) in [6.45, 7) is 8.12. The Bertz CT molecular complexity index is 271. The molecule has 1 aliphatic rings. The fourth-order valence-electron chi connectivity index (χ4n) is 2.75. The second-order valence-corrected chi connectivity index (χ2v) is 5.68. The lowest BCUT2D eigenvalue weighted by molar-refractivity contribution is -0.127. The molecular weight excluding hydrogens is 242 g/mol. The highest BCUT2D eigenvalue weighted by atomic mass is 16.5. The molecule has 3 N–H and O–H groups in total. The van der Waals surface area contributed by atoms with E-state index in [2.05, 4.69) is 24.1 Å². The molecule has 1 saturated heterocycles. The quantitative estimate of drug-likeness (QED) is 0.705. The number of nitrogens with one attached hydrogen (secondary N) is 1. The molecule has 19 heavy (non-hydrogen) atoms. The van der Waals surface area contributed by atoms with Crippen LogP contribution in [0.2, 0.25) is 0 Å². The molecule has 0 aromatic carbocycles. The first kappa shape index (κ1) is 16.4. The van der Waals surface area contributed by atoms with Crippen LogP contribution in [0.5, 0.6) is 0 Å². The van der Waals surface area contributed by atoms with Gasteiger partial charge in [-0.05, 0) is 25.3 Å². The van der Waals surface area contributed by atoms with Crippen molar-refractivity contribution >= 4 is 5.91 Å². The van der Waals surface area contributed by atoms with Gasteiger partial charge in [-0.3, -0.25) is 9.69 Å². The number of likely N-dealkylation sites (tertiary alicyclic amines) is 1. The van der Waals surface area contributed by atoms with Crippen molar-refractivity contribution in [2.24, 2.45) is 17.6 Å². The molecule has 2 atom stereocenters. The van der Waals surface area contributed by atoms with Crippen molar-refractivity contribution in [2.45, 2.75) is 32.7 Å².